The summed E-state index contributed by atoms with van der Waals surface area (Å²) in [6, 6.07) is 1.43. The van der Waals surface area contributed by atoms with Crippen LogP contribution in [0.5, 0.6) is 0 Å². The van der Waals surface area contributed by atoms with Crippen molar-refractivity contribution in [3.8, 4) is 0 Å². The Hall–Kier alpha value is -2.05. The van der Waals surface area contributed by atoms with Gasteiger partial charge in [-0.2, -0.15) is 0 Å². The molecule has 2 saturated heterocycles. The van der Waals surface area contributed by atoms with Crippen LogP contribution in [0.1, 0.15) is 36.0 Å². The topological polar surface area (TPSA) is 40.6 Å². The second-order valence-electron chi connectivity index (χ2n) is 6.76. The zero-order chi connectivity index (χ0) is 17.5. The van der Waals surface area contributed by atoms with Gasteiger partial charge in [-0.3, -0.25) is 9.59 Å². The molecule has 0 radical (unpaired) electrons. The summed E-state index contributed by atoms with van der Waals surface area (Å²) in [6.45, 7) is 1.32. The van der Waals surface area contributed by atoms with E-state index in [2.05, 4.69) is 0 Å². The average molecular weight is 340 g/mol. The molecule has 2 fully saturated rings. The number of carbonyl (C=O) groups excluding carboxylic acids is 2. The van der Waals surface area contributed by atoms with E-state index in [9.17, 15) is 22.8 Å². The number of likely N-dealkylation sites (tertiary alicyclic amines) is 2. The van der Waals surface area contributed by atoms with Gasteiger partial charge in [-0.05, 0) is 36.8 Å². The van der Waals surface area contributed by atoms with Gasteiger partial charge >= 0.3 is 0 Å². The molecule has 0 saturated carbocycles. The minimum absolute atomic E-state index is 0.0432. The summed E-state index contributed by atoms with van der Waals surface area (Å²) in [5, 5.41) is 0. The van der Waals surface area contributed by atoms with E-state index in [1.165, 1.54) is 4.90 Å². The van der Waals surface area contributed by atoms with Gasteiger partial charge in [-0.1, -0.05) is 0 Å². The van der Waals surface area contributed by atoms with Gasteiger partial charge < -0.3 is 9.80 Å². The number of hydrogen-bond acceptors (Lipinski definition) is 2. The summed E-state index contributed by atoms with van der Waals surface area (Å²) < 4.78 is 40.9. The zero-order valence-electron chi connectivity index (χ0n) is 13.4. The molecule has 2 amide bonds. The Labute approximate surface area is 138 Å². The molecule has 24 heavy (non-hydrogen) atoms. The molecule has 0 aliphatic carbocycles. The van der Waals surface area contributed by atoms with E-state index in [1.807, 2.05) is 0 Å². The Morgan fingerprint density at radius 3 is 2.33 bits per heavy atom. The van der Waals surface area contributed by atoms with Crippen molar-refractivity contribution in [1.82, 2.24) is 9.80 Å². The quantitative estimate of drug-likeness (QED) is 0.738. The minimum Gasteiger partial charge on any atom is -0.345 e. The molecule has 2 heterocycles. The van der Waals surface area contributed by atoms with Crippen molar-refractivity contribution in [1.29, 1.82) is 0 Å². The van der Waals surface area contributed by atoms with Gasteiger partial charge in [-0.15, -0.1) is 0 Å². The SMILES string of the molecule is CN1CC2(CCC1=O)CCN(C(=O)c1c(F)ccc(F)c1F)CC2. The molecule has 1 spiro atoms. The first-order valence-electron chi connectivity index (χ1n) is 8.00. The standard InChI is InChI=1S/C17H19F3N2O2/c1-21-10-17(5-4-13(21)23)6-8-22(9-7-17)16(24)14-11(18)2-3-12(19)15(14)20/h2-3H,4-10H2,1H3. The maximum Gasteiger partial charge on any atom is 0.259 e. The predicted octanol–water partition coefficient (Wildman–Crippen LogP) is 2.58. The Bertz CT molecular complexity index is 685. The first-order valence-corrected chi connectivity index (χ1v) is 8.00. The maximum atomic E-state index is 13.8. The number of nitrogens with zero attached hydrogens (tertiary/aromatic N) is 2. The Balaban J connectivity index is 1.72. The molecule has 0 aromatic heterocycles. The Kier molecular flexibility index (Phi) is 4.27. The molecular weight excluding hydrogens is 321 g/mol. The third-order valence-electron chi connectivity index (χ3n) is 5.24. The number of piperidine rings is 2. The van der Waals surface area contributed by atoms with Crippen molar-refractivity contribution in [2.45, 2.75) is 25.7 Å². The lowest BCUT2D eigenvalue weighted by molar-refractivity contribution is -0.137. The van der Waals surface area contributed by atoms with Gasteiger partial charge in [0.2, 0.25) is 5.91 Å². The van der Waals surface area contributed by atoms with Crippen LogP contribution in [0.4, 0.5) is 13.2 Å². The number of rotatable bonds is 1. The Morgan fingerprint density at radius 2 is 1.71 bits per heavy atom. The van der Waals surface area contributed by atoms with E-state index in [1.54, 1.807) is 11.9 Å². The maximum absolute atomic E-state index is 13.8. The van der Waals surface area contributed by atoms with Crippen LogP contribution in [0.3, 0.4) is 0 Å². The van der Waals surface area contributed by atoms with Crippen LogP contribution in [-0.4, -0.2) is 48.3 Å². The lowest BCUT2D eigenvalue weighted by Crippen LogP contribution is -2.51. The molecule has 2 aliphatic heterocycles. The van der Waals surface area contributed by atoms with Gasteiger partial charge in [0.25, 0.3) is 5.91 Å². The van der Waals surface area contributed by atoms with Crippen molar-refractivity contribution in [2.24, 2.45) is 5.41 Å². The number of hydrogen-bond donors (Lipinski definition) is 0. The monoisotopic (exact) mass is 340 g/mol. The largest absolute Gasteiger partial charge is 0.345 e. The second kappa shape index (κ2) is 6.11. The molecule has 0 bridgehead atoms. The average Bonchev–Trinajstić information content (AvgIpc) is 2.56. The summed E-state index contributed by atoms with van der Waals surface area (Å²) in [7, 11) is 1.76. The molecule has 1 aromatic rings. The molecule has 2 aliphatic rings. The van der Waals surface area contributed by atoms with Crippen LogP contribution < -0.4 is 0 Å². The highest BCUT2D eigenvalue weighted by atomic mass is 19.2. The van der Waals surface area contributed by atoms with Crippen molar-refractivity contribution >= 4 is 11.8 Å². The van der Waals surface area contributed by atoms with Gasteiger partial charge in [0.15, 0.2) is 11.6 Å². The van der Waals surface area contributed by atoms with Crippen LogP contribution >= 0.6 is 0 Å². The molecule has 4 nitrogen and oxygen atoms in total. The van der Waals surface area contributed by atoms with Gasteiger partial charge in [0.1, 0.15) is 11.4 Å². The van der Waals surface area contributed by atoms with E-state index in [4.69, 9.17) is 0 Å². The number of halogens is 3. The first kappa shape index (κ1) is 16.8. The molecule has 0 atom stereocenters. The molecule has 130 valence electrons. The van der Waals surface area contributed by atoms with E-state index in [-0.39, 0.29) is 11.3 Å². The van der Waals surface area contributed by atoms with Crippen LogP contribution in [0.15, 0.2) is 12.1 Å². The normalized spacial score (nSPS) is 20.6. The van der Waals surface area contributed by atoms with Crippen LogP contribution in [-0.2, 0) is 4.79 Å². The van der Waals surface area contributed by atoms with Crippen molar-refractivity contribution < 1.29 is 22.8 Å². The summed E-state index contributed by atoms with van der Waals surface area (Å²) in [5.74, 6) is -4.44. The van der Waals surface area contributed by atoms with Gasteiger partial charge in [0.05, 0.1) is 0 Å². The van der Waals surface area contributed by atoms with Crippen LogP contribution in [0, 0.1) is 22.9 Å². The fourth-order valence-corrected chi connectivity index (χ4v) is 3.71. The molecule has 3 rings (SSSR count). The van der Waals surface area contributed by atoms with E-state index >= 15 is 0 Å². The summed E-state index contributed by atoms with van der Waals surface area (Å²) in [4.78, 5) is 27.1. The van der Waals surface area contributed by atoms with E-state index in [0.717, 1.165) is 12.5 Å². The van der Waals surface area contributed by atoms with Gasteiger partial charge in [-0.25, -0.2) is 13.2 Å². The van der Waals surface area contributed by atoms with Crippen LogP contribution in [0.2, 0.25) is 0 Å². The van der Waals surface area contributed by atoms with Gasteiger partial charge in [0, 0.05) is 33.1 Å². The minimum atomic E-state index is -1.44. The highest BCUT2D eigenvalue weighted by molar-refractivity contribution is 5.94. The molecular formula is C17H19F3N2O2. The fraction of sp³-hybridized carbons (Fsp3) is 0.529. The lowest BCUT2D eigenvalue weighted by atomic mass is 9.72. The number of benzene rings is 1. The molecule has 1 aromatic carbocycles. The lowest BCUT2D eigenvalue weighted by Gasteiger charge is -2.46. The van der Waals surface area contributed by atoms with Crippen molar-refractivity contribution in [2.75, 3.05) is 26.7 Å². The van der Waals surface area contributed by atoms with Crippen molar-refractivity contribution in [3.63, 3.8) is 0 Å². The molecule has 0 unspecified atom stereocenters. The predicted molar refractivity (Wildman–Crippen MR) is 80.8 cm³/mol. The smallest absolute Gasteiger partial charge is 0.259 e. The molecule has 0 N–H and O–H groups in total. The summed E-state index contributed by atoms with van der Waals surface area (Å²) in [5.41, 5.74) is -0.875. The van der Waals surface area contributed by atoms with Crippen molar-refractivity contribution in [3.05, 3.63) is 35.1 Å². The second-order valence-corrected chi connectivity index (χ2v) is 6.76. The highest BCUT2D eigenvalue weighted by Crippen LogP contribution is 2.40. The number of amides is 2. The first-order chi connectivity index (χ1) is 11.3. The third-order valence-corrected chi connectivity index (χ3v) is 5.24. The summed E-state index contributed by atoms with van der Waals surface area (Å²) >= 11 is 0. The van der Waals surface area contributed by atoms with E-state index < -0.39 is 28.9 Å². The highest BCUT2D eigenvalue weighted by Gasteiger charge is 2.41. The fourth-order valence-electron chi connectivity index (χ4n) is 3.71. The van der Waals surface area contributed by atoms with Crippen LogP contribution in [0.25, 0.3) is 0 Å². The molecule has 7 heteroatoms. The Morgan fingerprint density at radius 1 is 1.08 bits per heavy atom. The number of carbonyl (C=O) groups is 2. The summed E-state index contributed by atoms with van der Waals surface area (Å²) in [6.07, 6.45) is 2.57. The van der Waals surface area contributed by atoms with E-state index in [0.29, 0.717) is 45.0 Å². The zero-order valence-corrected chi connectivity index (χ0v) is 13.4. The third kappa shape index (κ3) is 2.87.